The molecule has 0 saturated heterocycles. The van der Waals surface area contributed by atoms with Gasteiger partial charge in [-0.05, 0) is 23.9 Å². The maximum Gasteiger partial charge on any atom is 0.290 e. The first kappa shape index (κ1) is 16.6. The number of carbonyl (C=O) groups excluding carboxylic acids is 2. The summed E-state index contributed by atoms with van der Waals surface area (Å²) in [7, 11) is 0. The number of aromatic nitrogens is 1. The SMILES string of the molecule is CCCN1C(=O)C(O)=C(C(=O)c2cccs2)C1c1c[nH]c2ccccc12. The second kappa shape index (κ2) is 6.46. The highest BCUT2D eigenvalue weighted by atomic mass is 32.1. The van der Waals surface area contributed by atoms with Gasteiger partial charge in [0.15, 0.2) is 5.76 Å². The number of Topliss-reactive ketones (excluding diaryl/α,β-unsaturated/α-hetero) is 1. The van der Waals surface area contributed by atoms with Gasteiger partial charge < -0.3 is 15.0 Å². The Hall–Kier alpha value is -2.86. The minimum atomic E-state index is -0.590. The maximum absolute atomic E-state index is 13.1. The zero-order valence-corrected chi connectivity index (χ0v) is 15.0. The molecular formula is C20H18N2O3S. The van der Waals surface area contributed by atoms with Crippen LogP contribution in [0.15, 0.2) is 59.3 Å². The Morgan fingerprint density at radius 1 is 1.27 bits per heavy atom. The quantitative estimate of drug-likeness (QED) is 0.664. The number of carbonyl (C=O) groups is 2. The second-order valence-electron chi connectivity index (χ2n) is 6.26. The van der Waals surface area contributed by atoms with Crippen molar-refractivity contribution in [2.75, 3.05) is 6.54 Å². The van der Waals surface area contributed by atoms with Gasteiger partial charge in [-0.3, -0.25) is 9.59 Å². The monoisotopic (exact) mass is 366 g/mol. The van der Waals surface area contributed by atoms with Gasteiger partial charge in [-0.1, -0.05) is 31.2 Å². The van der Waals surface area contributed by atoms with Crippen LogP contribution in [0.5, 0.6) is 0 Å². The van der Waals surface area contributed by atoms with E-state index in [0.29, 0.717) is 11.4 Å². The summed E-state index contributed by atoms with van der Waals surface area (Å²) in [6.45, 7) is 2.43. The normalized spacial score (nSPS) is 17.5. The van der Waals surface area contributed by atoms with E-state index in [4.69, 9.17) is 0 Å². The van der Waals surface area contributed by atoms with Crippen molar-refractivity contribution in [3.8, 4) is 0 Å². The number of fused-ring (bicyclic) bond motifs is 1. The van der Waals surface area contributed by atoms with E-state index in [-0.39, 0.29) is 11.4 Å². The molecular weight excluding hydrogens is 348 g/mol. The average molecular weight is 366 g/mol. The zero-order valence-electron chi connectivity index (χ0n) is 14.2. The Morgan fingerprint density at radius 3 is 2.81 bits per heavy atom. The number of hydrogen-bond acceptors (Lipinski definition) is 4. The molecule has 0 bridgehead atoms. The van der Waals surface area contributed by atoms with E-state index in [9.17, 15) is 14.7 Å². The molecule has 1 aliphatic rings. The van der Waals surface area contributed by atoms with Crippen LogP contribution in [0.2, 0.25) is 0 Å². The standard InChI is InChI=1S/C20H18N2O3S/c1-2-9-22-17(13-11-21-14-7-4-3-6-12(13)14)16(19(24)20(22)25)18(23)15-8-5-10-26-15/h3-8,10-11,17,21,24H,2,9H2,1H3. The molecule has 3 aromatic rings. The highest BCUT2D eigenvalue weighted by molar-refractivity contribution is 7.12. The van der Waals surface area contributed by atoms with Gasteiger partial charge in [-0.15, -0.1) is 11.3 Å². The van der Waals surface area contributed by atoms with Crippen LogP contribution in [0.3, 0.4) is 0 Å². The van der Waals surface area contributed by atoms with Gasteiger partial charge in [0.2, 0.25) is 5.78 Å². The Kier molecular flexibility index (Phi) is 4.12. The minimum absolute atomic E-state index is 0.163. The molecule has 6 heteroatoms. The molecule has 1 aliphatic heterocycles. The number of nitrogens with zero attached hydrogens (tertiary/aromatic N) is 1. The first-order chi connectivity index (χ1) is 12.6. The topological polar surface area (TPSA) is 73.4 Å². The lowest BCUT2D eigenvalue weighted by molar-refractivity contribution is -0.129. The molecule has 2 N–H and O–H groups in total. The van der Waals surface area contributed by atoms with E-state index >= 15 is 0 Å². The zero-order chi connectivity index (χ0) is 18.3. The van der Waals surface area contributed by atoms with Gasteiger partial charge in [0.25, 0.3) is 5.91 Å². The first-order valence-electron chi connectivity index (χ1n) is 8.51. The van der Waals surface area contributed by atoms with Crippen molar-refractivity contribution in [1.29, 1.82) is 0 Å². The number of hydrogen-bond donors (Lipinski definition) is 2. The molecule has 0 aliphatic carbocycles. The van der Waals surface area contributed by atoms with Crippen LogP contribution in [0.4, 0.5) is 0 Å². The molecule has 1 unspecified atom stereocenters. The van der Waals surface area contributed by atoms with Gasteiger partial charge in [0, 0.05) is 29.2 Å². The molecule has 2 aromatic heterocycles. The summed E-state index contributed by atoms with van der Waals surface area (Å²) < 4.78 is 0. The van der Waals surface area contributed by atoms with Crippen molar-refractivity contribution >= 4 is 33.9 Å². The number of amides is 1. The number of aliphatic hydroxyl groups is 1. The van der Waals surface area contributed by atoms with Crippen LogP contribution in [0.25, 0.3) is 10.9 Å². The summed E-state index contributed by atoms with van der Waals surface area (Å²) in [5.74, 6) is -1.21. The highest BCUT2D eigenvalue weighted by Crippen LogP contribution is 2.41. The lowest BCUT2D eigenvalue weighted by atomic mass is 9.95. The third-order valence-electron chi connectivity index (χ3n) is 4.67. The molecule has 26 heavy (non-hydrogen) atoms. The van der Waals surface area contributed by atoms with E-state index in [1.54, 1.807) is 17.0 Å². The molecule has 1 atom stereocenters. The van der Waals surface area contributed by atoms with E-state index in [2.05, 4.69) is 4.98 Å². The van der Waals surface area contributed by atoms with Crippen molar-refractivity contribution in [2.24, 2.45) is 0 Å². The number of nitrogens with one attached hydrogen (secondary N) is 1. The Labute approximate surface area is 154 Å². The van der Waals surface area contributed by atoms with E-state index in [1.165, 1.54) is 11.3 Å². The third-order valence-corrected chi connectivity index (χ3v) is 5.54. The molecule has 1 aromatic carbocycles. The summed E-state index contributed by atoms with van der Waals surface area (Å²) >= 11 is 1.31. The molecule has 0 radical (unpaired) electrons. The number of para-hydroxylation sites is 1. The van der Waals surface area contributed by atoms with E-state index in [1.807, 2.05) is 42.8 Å². The van der Waals surface area contributed by atoms with E-state index in [0.717, 1.165) is 22.9 Å². The number of rotatable bonds is 5. The fourth-order valence-corrected chi connectivity index (χ4v) is 4.22. The molecule has 0 spiro atoms. The molecule has 4 rings (SSSR count). The summed E-state index contributed by atoms with van der Waals surface area (Å²) in [6, 6.07) is 10.7. The van der Waals surface area contributed by atoms with Gasteiger partial charge in [-0.25, -0.2) is 0 Å². The summed E-state index contributed by atoms with van der Waals surface area (Å²) in [5, 5.41) is 13.3. The fraction of sp³-hybridized carbons (Fsp3) is 0.200. The maximum atomic E-state index is 13.1. The smallest absolute Gasteiger partial charge is 0.290 e. The molecule has 1 amide bonds. The first-order valence-corrected chi connectivity index (χ1v) is 9.39. The second-order valence-corrected chi connectivity index (χ2v) is 7.21. The predicted octanol–water partition coefficient (Wildman–Crippen LogP) is 4.22. The highest BCUT2D eigenvalue weighted by Gasteiger charge is 2.44. The predicted molar refractivity (Wildman–Crippen MR) is 101 cm³/mol. The van der Waals surface area contributed by atoms with Crippen molar-refractivity contribution in [3.63, 3.8) is 0 Å². The molecule has 3 heterocycles. The van der Waals surface area contributed by atoms with Crippen LogP contribution in [-0.2, 0) is 4.79 Å². The average Bonchev–Trinajstić information content (AvgIpc) is 3.36. The van der Waals surface area contributed by atoms with Crippen molar-refractivity contribution in [2.45, 2.75) is 19.4 Å². The van der Waals surface area contributed by atoms with Crippen molar-refractivity contribution in [1.82, 2.24) is 9.88 Å². The molecule has 132 valence electrons. The molecule has 5 nitrogen and oxygen atoms in total. The number of benzene rings is 1. The lowest BCUT2D eigenvalue weighted by Gasteiger charge is -2.25. The summed E-state index contributed by atoms with van der Waals surface area (Å²) in [5.41, 5.74) is 1.92. The Morgan fingerprint density at radius 2 is 2.08 bits per heavy atom. The lowest BCUT2D eigenvalue weighted by Crippen LogP contribution is -2.31. The van der Waals surface area contributed by atoms with Crippen LogP contribution in [0, 0.1) is 0 Å². The summed E-state index contributed by atoms with van der Waals surface area (Å²) in [6.07, 6.45) is 2.56. The van der Waals surface area contributed by atoms with E-state index < -0.39 is 17.7 Å². The number of aromatic amines is 1. The van der Waals surface area contributed by atoms with Crippen LogP contribution in [0.1, 0.15) is 34.6 Å². The van der Waals surface area contributed by atoms with Gasteiger partial charge >= 0.3 is 0 Å². The number of aliphatic hydroxyl groups excluding tert-OH is 1. The largest absolute Gasteiger partial charge is 0.503 e. The minimum Gasteiger partial charge on any atom is -0.503 e. The van der Waals surface area contributed by atoms with Crippen LogP contribution in [-0.4, -0.2) is 33.2 Å². The number of ketones is 1. The van der Waals surface area contributed by atoms with Gasteiger partial charge in [0.1, 0.15) is 0 Å². The fourth-order valence-electron chi connectivity index (χ4n) is 3.54. The van der Waals surface area contributed by atoms with Crippen LogP contribution < -0.4 is 0 Å². The van der Waals surface area contributed by atoms with Crippen molar-refractivity contribution in [3.05, 3.63) is 69.7 Å². The summed E-state index contributed by atoms with van der Waals surface area (Å²) in [4.78, 5) is 31.0. The Balaban J connectivity index is 1.89. The Bertz CT molecular complexity index is 1020. The van der Waals surface area contributed by atoms with Gasteiger partial charge in [0.05, 0.1) is 16.5 Å². The molecule has 0 fully saturated rings. The molecule has 0 saturated carbocycles. The number of thiophene rings is 1. The van der Waals surface area contributed by atoms with Crippen LogP contribution >= 0.6 is 11.3 Å². The van der Waals surface area contributed by atoms with Gasteiger partial charge in [-0.2, -0.15) is 0 Å². The number of H-pyrrole nitrogens is 1. The van der Waals surface area contributed by atoms with Crippen molar-refractivity contribution < 1.29 is 14.7 Å². The third kappa shape index (κ3) is 2.45.